The predicted molar refractivity (Wildman–Crippen MR) is 99.4 cm³/mol. The molecule has 0 radical (unpaired) electrons. The SMILES string of the molecule is CCCCCCC=CCCC(=O)CCCCCCCCCC. The second-order valence-electron chi connectivity index (χ2n) is 6.62. The van der Waals surface area contributed by atoms with Gasteiger partial charge in [0.25, 0.3) is 0 Å². The highest BCUT2D eigenvalue weighted by Gasteiger charge is 2.00. The summed E-state index contributed by atoms with van der Waals surface area (Å²) in [5.41, 5.74) is 0. The molecule has 0 saturated carbocycles. The fourth-order valence-electron chi connectivity index (χ4n) is 2.75. The van der Waals surface area contributed by atoms with E-state index in [2.05, 4.69) is 26.0 Å². The molecular weight excluding hydrogens is 268 g/mol. The third-order valence-electron chi connectivity index (χ3n) is 4.29. The average molecular weight is 309 g/mol. The lowest BCUT2D eigenvalue weighted by atomic mass is 10.0. The van der Waals surface area contributed by atoms with Gasteiger partial charge in [0.1, 0.15) is 5.78 Å². The first-order valence-corrected chi connectivity index (χ1v) is 9.98. The van der Waals surface area contributed by atoms with Crippen molar-refractivity contribution in [3.63, 3.8) is 0 Å². The molecule has 0 atom stereocenters. The van der Waals surface area contributed by atoms with Crippen LogP contribution in [0.25, 0.3) is 0 Å². The van der Waals surface area contributed by atoms with Gasteiger partial charge >= 0.3 is 0 Å². The second-order valence-corrected chi connectivity index (χ2v) is 6.62. The summed E-state index contributed by atoms with van der Waals surface area (Å²) in [6, 6.07) is 0. The fourth-order valence-corrected chi connectivity index (χ4v) is 2.75. The number of unbranched alkanes of at least 4 members (excludes halogenated alkanes) is 11. The molecule has 0 unspecified atom stereocenters. The van der Waals surface area contributed by atoms with Gasteiger partial charge in [-0.25, -0.2) is 0 Å². The molecule has 130 valence electrons. The Balaban J connectivity index is 3.24. The highest BCUT2D eigenvalue weighted by Crippen LogP contribution is 2.11. The molecule has 0 heterocycles. The molecule has 1 heteroatoms. The molecule has 0 aromatic rings. The van der Waals surface area contributed by atoms with Crippen LogP contribution in [0.4, 0.5) is 0 Å². The van der Waals surface area contributed by atoms with Gasteiger partial charge in [-0.1, -0.05) is 90.2 Å². The van der Waals surface area contributed by atoms with Crippen molar-refractivity contribution in [2.45, 2.75) is 117 Å². The van der Waals surface area contributed by atoms with Crippen molar-refractivity contribution < 1.29 is 4.79 Å². The smallest absolute Gasteiger partial charge is 0.133 e. The number of hydrogen-bond acceptors (Lipinski definition) is 1. The number of allylic oxidation sites excluding steroid dienone is 2. The molecule has 0 aliphatic heterocycles. The van der Waals surface area contributed by atoms with Gasteiger partial charge in [0.05, 0.1) is 0 Å². The minimum absolute atomic E-state index is 0.460. The number of carbonyl (C=O) groups is 1. The molecule has 0 fully saturated rings. The van der Waals surface area contributed by atoms with Crippen LogP contribution in [0, 0.1) is 0 Å². The Morgan fingerprint density at radius 1 is 0.591 bits per heavy atom. The number of carbonyl (C=O) groups excluding carboxylic acids is 1. The van der Waals surface area contributed by atoms with E-state index in [-0.39, 0.29) is 0 Å². The molecule has 0 aromatic heterocycles. The van der Waals surface area contributed by atoms with E-state index >= 15 is 0 Å². The van der Waals surface area contributed by atoms with Crippen molar-refractivity contribution >= 4 is 5.78 Å². The summed E-state index contributed by atoms with van der Waals surface area (Å²) in [6.45, 7) is 4.50. The van der Waals surface area contributed by atoms with E-state index in [0.29, 0.717) is 5.78 Å². The van der Waals surface area contributed by atoms with Gasteiger partial charge in [0.15, 0.2) is 0 Å². The summed E-state index contributed by atoms with van der Waals surface area (Å²) in [4.78, 5) is 11.8. The van der Waals surface area contributed by atoms with E-state index < -0.39 is 0 Å². The maximum Gasteiger partial charge on any atom is 0.133 e. The summed E-state index contributed by atoms with van der Waals surface area (Å²) >= 11 is 0. The normalized spacial score (nSPS) is 11.4. The zero-order chi connectivity index (χ0) is 16.3. The van der Waals surface area contributed by atoms with Crippen molar-refractivity contribution in [1.82, 2.24) is 0 Å². The van der Waals surface area contributed by atoms with Crippen LogP contribution in [-0.4, -0.2) is 5.78 Å². The van der Waals surface area contributed by atoms with Gasteiger partial charge in [0, 0.05) is 12.8 Å². The van der Waals surface area contributed by atoms with E-state index in [1.165, 1.54) is 77.0 Å². The van der Waals surface area contributed by atoms with Gasteiger partial charge in [-0.05, 0) is 25.7 Å². The standard InChI is InChI=1S/C21H40O/c1-3-5-7-9-11-13-15-17-19-21(22)20-18-16-14-12-10-8-6-4-2/h13,15H,3-12,14,16-20H2,1-2H3. The van der Waals surface area contributed by atoms with E-state index in [9.17, 15) is 4.79 Å². The molecule has 0 aliphatic carbocycles. The third kappa shape index (κ3) is 17.5. The molecule has 0 bridgehead atoms. The van der Waals surface area contributed by atoms with Crippen LogP contribution < -0.4 is 0 Å². The monoisotopic (exact) mass is 308 g/mol. The summed E-state index contributed by atoms with van der Waals surface area (Å²) < 4.78 is 0. The van der Waals surface area contributed by atoms with E-state index in [4.69, 9.17) is 0 Å². The van der Waals surface area contributed by atoms with Crippen LogP contribution in [0.1, 0.15) is 117 Å². The lowest BCUT2D eigenvalue weighted by Gasteiger charge is -2.01. The zero-order valence-electron chi connectivity index (χ0n) is 15.4. The van der Waals surface area contributed by atoms with E-state index in [1.807, 2.05) is 0 Å². The molecule has 1 nitrogen and oxygen atoms in total. The summed E-state index contributed by atoms with van der Waals surface area (Å²) in [5, 5.41) is 0. The molecule has 0 rings (SSSR count). The topological polar surface area (TPSA) is 17.1 Å². The number of Topliss-reactive ketones (excluding diaryl/α,β-unsaturated/α-hetero) is 1. The van der Waals surface area contributed by atoms with Gasteiger partial charge in [-0.2, -0.15) is 0 Å². The molecule has 0 amide bonds. The number of rotatable bonds is 17. The molecule has 22 heavy (non-hydrogen) atoms. The van der Waals surface area contributed by atoms with E-state index in [1.54, 1.807) is 0 Å². The number of ketones is 1. The fraction of sp³-hybridized carbons (Fsp3) is 0.857. The first kappa shape index (κ1) is 21.4. The van der Waals surface area contributed by atoms with Gasteiger partial charge in [0.2, 0.25) is 0 Å². The number of hydrogen-bond donors (Lipinski definition) is 0. The molecule has 0 aromatic carbocycles. The van der Waals surface area contributed by atoms with Crippen LogP contribution in [-0.2, 0) is 4.79 Å². The largest absolute Gasteiger partial charge is 0.300 e. The Morgan fingerprint density at radius 2 is 1.09 bits per heavy atom. The van der Waals surface area contributed by atoms with Gasteiger partial charge in [-0.15, -0.1) is 0 Å². The lowest BCUT2D eigenvalue weighted by Crippen LogP contribution is -1.96. The maximum absolute atomic E-state index is 11.8. The maximum atomic E-state index is 11.8. The highest BCUT2D eigenvalue weighted by molar-refractivity contribution is 5.78. The van der Waals surface area contributed by atoms with Gasteiger partial charge in [-0.3, -0.25) is 4.79 Å². The van der Waals surface area contributed by atoms with Crippen molar-refractivity contribution in [1.29, 1.82) is 0 Å². The Morgan fingerprint density at radius 3 is 1.73 bits per heavy atom. The van der Waals surface area contributed by atoms with Crippen LogP contribution in [0.15, 0.2) is 12.2 Å². The van der Waals surface area contributed by atoms with Crippen molar-refractivity contribution in [2.75, 3.05) is 0 Å². The summed E-state index contributed by atoms with van der Waals surface area (Å²) in [6.07, 6.45) is 23.9. The minimum atomic E-state index is 0.460. The molecule has 0 aliphatic rings. The van der Waals surface area contributed by atoms with Crippen molar-refractivity contribution in [3.05, 3.63) is 12.2 Å². The third-order valence-corrected chi connectivity index (χ3v) is 4.29. The quantitative estimate of drug-likeness (QED) is 0.202. The van der Waals surface area contributed by atoms with E-state index in [0.717, 1.165) is 25.7 Å². The molecule has 0 saturated heterocycles. The minimum Gasteiger partial charge on any atom is -0.300 e. The van der Waals surface area contributed by atoms with Crippen LogP contribution in [0.3, 0.4) is 0 Å². The van der Waals surface area contributed by atoms with Crippen molar-refractivity contribution in [2.24, 2.45) is 0 Å². The van der Waals surface area contributed by atoms with Crippen molar-refractivity contribution in [3.8, 4) is 0 Å². The second kappa shape index (κ2) is 18.5. The Kier molecular flexibility index (Phi) is 18.0. The first-order valence-electron chi connectivity index (χ1n) is 9.98. The Bertz CT molecular complexity index is 255. The molecule has 0 N–H and O–H groups in total. The average Bonchev–Trinajstić information content (AvgIpc) is 2.52. The van der Waals surface area contributed by atoms with Crippen LogP contribution >= 0.6 is 0 Å². The Hall–Kier alpha value is -0.590. The molecular formula is C21H40O. The van der Waals surface area contributed by atoms with Gasteiger partial charge < -0.3 is 0 Å². The zero-order valence-corrected chi connectivity index (χ0v) is 15.4. The van der Waals surface area contributed by atoms with Crippen LogP contribution in [0.2, 0.25) is 0 Å². The first-order chi connectivity index (χ1) is 10.8. The Labute approximate surface area is 140 Å². The molecule has 0 spiro atoms. The highest BCUT2D eigenvalue weighted by atomic mass is 16.1. The van der Waals surface area contributed by atoms with Crippen LogP contribution in [0.5, 0.6) is 0 Å². The summed E-state index contributed by atoms with van der Waals surface area (Å²) in [7, 11) is 0. The summed E-state index contributed by atoms with van der Waals surface area (Å²) in [5.74, 6) is 0.460. The lowest BCUT2D eigenvalue weighted by molar-refractivity contribution is -0.119. The predicted octanol–water partition coefficient (Wildman–Crippen LogP) is 7.39.